The van der Waals surface area contributed by atoms with Gasteiger partial charge in [0.25, 0.3) is 5.91 Å². The van der Waals surface area contributed by atoms with E-state index in [0.717, 1.165) is 0 Å². The minimum Gasteiger partial charge on any atom is -0.383 e. The van der Waals surface area contributed by atoms with Crippen LogP contribution >= 0.6 is 0 Å². The van der Waals surface area contributed by atoms with E-state index in [4.69, 9.17) is 9.47 Å². The topological polar surface area (TPSA) is 94.4 Å². The number of hydrogen-bond acceptors (Lipinski definition) is 5. The maximum absolute atomic E-state index is 12.5. The molecule has 2 aliphatic heterocycles. The van der Waals surface area contributed by atoms with Crippen molar-refractivity contribution in [3.63, 3.8) is 0 Å². The van der Waals surface area contributed by atoms with Gasteiger partial charge in [0.1, 0.15) is 12.2 Å². The Morgan fingerprint density at radius 3 is 3.12 bits per heavy atom. The average Bonchev–Trinajstić information content (AvgIpc) is 3.34. The lowest BCUT2D eigenvalue weighted by Gasteiger charge is -2.33. The molecule has 25 heavy (non-hydrogen) atoms. The Morgan fingerprint density at radius 2 is 2.36 bits per heavy atom. The van der Waals surface area contributed by atoms with E-state index >= 15 is 0 Å². The molecule has 1 spiro atoms. The summed E-state index contributed by atoms with van der Waals surface area (Å²) < 4.78 is 14.2. The molecule has 1 saturated heterocycles. The third kappa shape index (κ3) is 2.79. The lowest BCUT2D eigenvalue weighted by molar-refractivity contribution is -0.0816. The van der Waals surface area contributed by atoms with Crippen LogP contribution in [0.5, 0.6) is 0 Å². The number of amides is 1. The van der Waals surface area contributed by atoms with Crippen LogP contribution in [0.4, 0.5) is 0 Å². The van der Waals surface area contributed by atoms with E-state index in [1.165, 1.54) is 4.68 Å². The lowest BCUT2D eigenvalue weighted by atomic mass is 10.0. The summed E-state index contributed by atoms with van der Waals surface area (Å²) in [5.41, 5.74) is -0.0269. The van der Waals surface area contributed by atoms with Gasteiger partial charge in [-0.05, 0) is 12.5 Å². The molecule has 0 bridgehead atoms. The van der Waals surface area contributed by atoms with Crippen molar-refractivity contribution in [1.29, 1.82) is 0 Å². The number of carbonyl (C=O) groups excluding carboxylic acids is 1. The average molecular weight is 347 g/mol. The molecule has 1 atom stereocenters. The summed E-state index contributed by atoms with van der Waals surface area (Å²) in [5, 5.41) is 4.31. The minimum absolute atomic E-state index is 0.0179. The van der Waals surface area contributed by atoms with Crippen LogP contribution in [0, 0.1) is 0 Å². The van der Waals surface area contributed by atoms with Crippen LogP contribution in [0.3, 0.4) is 0 Å². The fourth-order valence-electron chi connectivity index (χ4n) is 3.53. The van der Waals surface area contributed by atoms with Crippen LogP contribution < -0.4 is 5.69 Å². The van der Waals surface area contributed by atoms with E-state index in [0.29, 0.717) is 50.6 Å². The molecule has 9 heteroatoms. The lowest BCUT2D eigenvalue weighted by Crippen LogP contribution is -2.47. The second-order valence-corrected chi connectivity index (χ2v) is 6.55. The van der Waals surface area contributed by atoms with Gasteiger partial charge in [0.05, 0.1) is 31.8 Å². The van der Waals surface area contributed by atoms with Gasteiger partial charge in [0.15, 0.2) is 5.82 Å². The molecule has 2 aliphatic rings. The summed E-state index contributed by atoms with van der Waals surface area (Å²) in [6.45, 7) is 2.65. The Hall–Kier alpha value is -2.39. The Morgan fingerprint density at radius 1 is 1.48 bits per heavy atom. The largest absolute Gasteiger partial charge is 0.383 e. The minimum atomic E-state index is -0.516. The van der Waals surface area contributed by atoms with Crippen molar-refractivity contribution in [2.75, 3.05) is 26.8 Å². The van der Waals surface area contributed by atoms with E-state index in [9.17, 15) is 9.59 Å². The van der Waals surface area contributed by atoms with Gasteiger partial charge >= 0.3 is 5.69 Å². The summed E-state index contributed by atoms with van der Waals surface area (Å²) >= 11 is 0. The van der Waals surface area contributed by atoms with Crippen molar-refractivity contribution in [1.82, 2.24) is 24.2 Å². The summed E-state index contributed by atoms with van der Waals surface area (Å²) in [7, 11) is 1.59. The molecule has 1 N–H and O–H groups in total. The van der Waals surface area contributed by atoms with Crippen molar-refractivity contribution < 1.29 is 14.3 Å². The van der Waals surface area contributed by atoms with Gasteiger partial charge in [-0.15, -0.1) is 0 Å². The molecule has 2 aromatic rings. The molecule has 4 rings (SSSR count). The van der Waals surface area contributed by atoms with Gasteiger partial charge in [-0.3, -0.25) is 9.36 Å². The van der Waals surface area contributed by atoms with Crippen LogP contribution in [0.2, 0.25) is 0 Å². The predicted molar refractivity (Wildman–Crippen MR) is 87.2 cm³/mol. The highest BCUT2D eigenvalue weighted by Gasteiger charge is 2.45. The molecule has 0 radical (unpaired) electrons. The van der Waals surface area contributed by atoms with Crippen molar-refractivity contribution in [2.24, 2.45) is 0 Å². The van der Waals surface area contributed by atoms with Gasteiger partial charge < -0.3 is 19.4 Å². The zero-order valence-corrected chi connectivity index (χ0v) is 14.1. The third-order valence-electron chi connectivity index (χ3n) is 4.91. The molecular formula is C16H21N5O4. The number of fused-ring (bicyclic) bond motifs is 1. The Kier molecular flexibility index (Phi) is 3.97. The number of nitrogens with one attached hydrogen (secondary N) is 1. The Balaban J connectivity index is 1.51. The number of hydrogen-bond donors (Lipinski definition) is 1. The summed E-state index contributed by atoms with van der Waals surface area (Å²) in [6.07, 6.45) is 4.13. The van der Waals surface area contributed by atoms with E-state index in [2.05, 4.69) is 10.1 Å². The summed E-state index contributed by atoms with van der Waals surface area (Å²) in [5.74, 6) is 0.609. The second-order valence-electron chi connectivity index (χ2n) is 6.55. The van der Waals surface area contributed by atoms with Crippen LogP contribution in [-0.4, -0.2) is 62.5 Å². The van der Waals surface area contributed by atoms with Crippen molar-refractivity contribution in [3.8, 4) is 0 Å². The van der Waals surface area contributed by atoms with Crippen LogP contribution in [-0.2, 0) is 29.2 Å². The second kappa shape index (κ2) is 6.16. The number of rotatable bonds is 4. The van der Waals surface area contributed by atoms with Gasteiger partial charge in [0.2, 0.25) is 0 Å². The number of carbonyl (C=O) groups is 1. The maximum Gasteiger partial charge on any atom is 0.346 e. The first-order valence-corrected chi connectivity index (χ1v) is 8.33. The number of likely N-dealkylation sites (tertiary alicyclic amines) is 1. The third-order valence-corrected chi connectivity index (χ3v) is 4.91. The number of aromatic amines is 1. The van der Waals surface area contributed by atoms with Crippen molar-refractivity contribution >= 4 is 5.91 Å². The van der Waals surface area contributed by atoms with Crippen LogP contribution in [0.15, 0.2) is 23.3 Å². The van der Waals surface area contributed by atoms with E-state index in [-0.39, 0.29) is 18.2 Å². The molecule has 9 nitrogen and oxygen atoms in total. The molecule has 1 unspecified atom stereocenters. The Labute approximate surface area is 144 Å². The highest BCUT2D eigenvalue weighted by atomic mass is 16.5. The molecular weight excluding hydrogens is 326 g/mol. The monoisotopic (exact) mass is 347 g/mol. The predicted octanol–water partition coefficient (Wildman–Crippen LogP) is -0.166. The van der Waals surface area contributed by atoms with Crippen molar-refractivity contribution in [3.05, 3.63) is 40.3 Å². The molecule has 4 heterocycles. The number of H-pyrrole nitrogens is 1. The molecule has 2 aromatic heterocycles. The van der Waals surface area contributed by atoms with E-state index < -0.39 is 5.60 Å². The number of methoxy groups -OCH3 is 1. The van der Waals surface area contributed by atoms with Gasteiger partial charge in [-0.25, -0.2) is 9.48 Å². The SMILES string of the molecule is COCCn1nc2n(c1=O)CC1(CCN(C(=O)c3cc[nH]c3)C1)OC2. The standard InChI is InChI=1S/C16H21N5O4/c1-24-7-6-21-15(23)20-11-16(25-9-13(20)18-21)3-5-19(10-16)14(22)12-2-4-17-8-12/h2,4,8,17H,3,5-7,9-11H2,1H3. The molecule has 0 aliphatic carbocycles. The van der Waals surface area contributed by atoms with Gasteiger partial charge in [-0.2, -0.15) is 5.10 Å². The fourth-order valence-corrected chi connectivity index (χ4v) is 3.53. The zero-order valence-electron chi connectivity index (χ0n) is 14.1. The fraction of sp³-hybridized carbons (Fsp3) is 0.562. The number of ether oxygens (including phenoxy) is 2. The smallest absolute Gasteiger partial charge is 0.346 e. The van der Waals surface area contributed by atoms with Gasteiger partial charge in [-0.1, -0.05) is 0 Å². The molecule has 1 fully saturated rings. The number of aromatic nitrogens is 4. The Bertz CT molecular complexity index is 824. The molecule has 134 valence electrons. The highest BCUT2D eigenvalue weighted by molar-refractivity contribution is 5.94. The van der Waals surface area contributed by atoms with Crippen LogP contribution in [0.1, 0.15) is 22.6 Å². The summed E-state index contributed by atoms with van der Waals surface area (Å²) in [4.78, 5) is 29.7. The quantitative estimate of drug-likeness (QED) is 0.829. The maximum atomic E-state index is 12.5. The number of nitrogens with zero attached hydrogens (tertiary/aromatic N) is 4. The highest BCUT2D eigenvalue weighted by Crippen LogP contribution is 2.32. The first-order chi connectivity index (χ1) is 12.1. The zero-order chi connectivity index (χ0) is 17.4. The molecule has 1 amide bonds. The first-order valence-electron chi connectivity index (χ1n) is 8.33. The first kappa shape index (κ1) is 16.1. The van der Waals surface area contributed by atoms with E-state index in [1.54, 1.807) is 35.0 Å². The summed E-state index contributed by atoms with van der Waals surface area (Å²) in [6, 6.07) is 1.76. The van der Waals surface area contributed by atoms with Crippen LogP contribution in [0.25, 0.3) is 0 Å². The normalized spacial score (nSPS) is 22.5. The van der Waals surface area contributed by atoms with Gasteiger partial charge in [0, 0.05) is 26.0 Å². The van der Waals surface area contributed by atoms with E-state index in [1.807, 2.05) is 0 Å². The molecule has 0 saturated carbocycles. The molecule has 0 aromatic carbocycles. The van der Waals surface area contributed by atoms with Crippen molar-refractivity contribution in [2.45, 2.75) is 31.7 Å².